The number of rotatable bonds is 5. The van der Waals surface area contributed by atoms with Crippen molar-refractivity contribution in [2.24, 2.45) is 0 Å². The highest BCUT2D eigenvalue weighted by molar-refractivity contribution is 5.81. The number of hydrogen-bond acceptors (Lipinski definition) is 4. The highest BCUT2D eigenvalue weighted by atomic mass is 16.6. The summed E-state index contributed by atoms with van der Waals surface area (Å²) in [7, 11) is 0. The second kappa shape index (κ2) is 7.64. The van der Waals surface area contributed by atoms with Crippen molar-refractivity contribution in [1.29, 1.82) is 0 Å². The maximum atomic E-state index is 12.8. The van der Waals surface area contributed by atoms with E-state index in [2.05, 4.69) is 0 Å². The summed E-state index contributed by atoms with van der Waals surface area (Å²) < 4.78 is 5.57. The minimum Gasteiger partial charge on any atom is -0.480 e. The molecule has 0 unspecified atom stereocenters. The Morgan fingerprint density at radius 2 is 1.54 bits per heavy atom. The number of fused-ring (bicyclic) bond motifs is 3. The van der Waals surface area contributed by atoms with Crippen molar-refractivity contribution >= 4 is 12.1 Å². The zero-order chi connectivity index (χ0) is 20.5. The van der Waals surface area contributed by atoms with Gasteiger partial charge in [0.2, 0.25) is 0 Å². The molecule has 1 amide bonds. The number of benzene rings is 2. The molecule has 0 fully saturated rings. The highest BCUT2D eigenvalue weighted by Gasteiger charge is 2.39. The van der Waals surface area contributed by atoms with Gasteiger partial charge in [-0.15, -0.1) is 0 Å². The molecule has 2 N–H and O–H groups in total. The first-order chi connectivity index (χ1) is 13.3. The summed E-state index contributed by atoms with van der Waals surface area (Å²) in [6, 6.07) is 14.6. The number of ether oxygens (including phenoxy) is 1. The molecule has 0 spiro atoms. The quantitative estimate of drug-likeness (QED) is 0.825. The van der Waals surface area contributed by atoms with E-state index in [1.54, 1.807) is 20.8 Å². The first kappa shape index (κ1) is 19.9. The zero-order valence-corrected chi connectivity index (χ0v) is 16.3. The van der Waals surface area contributed by atoms with E-state index in [-0.39, 0.29) is 12.5 Å². The Morgan fingerprint density at radius 3 is 1.96 bits per heavy atom. The van der Waals surface area contributed by atoms with Gasteiger partial charge in [0.15, 0.2) is 6.04 Å². The predicted octanol–water partition coefficient (Wildman–Crippen LogP) is 3.48. The lowest BCUT2D eigenvalue weighted by atomic mass is 9.98. The lowest BCUT2D eigenvalue weighted by molar-refractivity contribution is -0.146. The van der Waals surface area contributed by atoms with E-state index in [4.69, 9.17) is 4.74 Å². The minimum absolute atomic E-state index is 0.0945. The van der Waals surface area contributed by atoms with Crippen molar-refractivity contribution in [2.75, 3.05) is 13.2 Å². The van der Waals surface area contributed by atoms with Gasteiger partial charge in [0, 0.05) is 11.5 Å². The van der Waals surface area contributed by atoms with E-state index in [0.717, 1.165) is 27.2 Å². The summed E-state index contributed by atoms with van der Waals surface area (Å²) >= 11 is 0. The highest BCUT2D eigenvalue weighted by Crippen LogP contribution is 2.44. The average Bonchev–Trinajstić information content (AvgIpc) is 2.96. The summed E-state index contributed by atoms with van der Waals surface area (Å²) in [5.41, 5.74) is 3.57. The number of carboxylic acids is 1. The monoisotopic (exact) mass is 383 g/mol. The van der Waals surface area contributed by atoms with Crippen LogP contribution in [-0.2, 0) is 9.53 Å². The lowest BCUT2D eigenvalue weighted by Gasteiger charge is -2.38. The van der Waals surface area contributed by atoms with Crippen LogP contribution in [0.4, 0.5) is 4.79 Å². The molecular weight excluding hydrogens is 358 g/mol. The molecule has 0 bridgehead atoms. The van der Waals surface area contributed by atoms with Crippen LogP contribution in [0.5, 0.6) is 0 Å². The Bertz CT molecular complexity index is 841. The van der Waals surface area contributed by atoms with Crippen LogP contribution in [0.2, 0.25) is 0 Å². The molecule has 28 heavy (non-hydrogen) atoms. The molecule has 6 nitrogen and oxygen atoms in total. The third-order valence-corrected chi connectivity index (χ3v) is 5.03. The number of aliphatic hydroxyl groups is 1. The Kier molecular flexibility index (Phi) is 5.42. The van der Waals surface area contributed by atoms with Crippen LogP contribution in [0.25, 0.3) is 11.1 Å². The van der Waals surface area contributed by atoms with Gasteiger partial charge in [-0.3, -0.25) is 4.90 Å². The van der Waals surface area contributed by atoms with Gasteiger partial charge >= 0.3 is 12.1 Å². The fraction of sp³-hybridized carbons (Fsp3) is 0.364. The molecule has 3 rings (SSSR count). The minimum atomic E-state index is -1.37. The summed E-state index contributed by atoms with van der Waals surface area (Å²) in [5, 5.41) is 18.9. The van der Waals surface area contributed by atoms with Gasteiger partial charge in [0.25, 0.3) is 0 Å². The van der Waals surface area contributed by atoms with Crippen molar-refractivity contribution in [3.63, 3.8) is 0 Å². The zero-order valence-electron chi connectivity index (χ0n) is 16.3. The van der Waals surface area contributed by atoms with E-state index >= 15 is 0 Å². The largest absolute Gasteiger partial charge is 0.480 e. The normalized spacial score (nSPS) is 14.1. The van der Waals surface area contributed by atoms with E-state index in [1.807, 2.05) is 48.5 Å². The van der Waals surface area contributed by atoms with Gasteiger partial charge in [-0.2, -0.15) is 0 Å². The molecule has 2 aromatic carbocycles. The fourth-order valence-corrected chi connectivity index (χ4v) is 3.80. The number of nitrogens with zero attached hydrogens (tertiary/aromatic N) is 1. The van der Waals surface area contributed by atoms with Crippen molar-refractivity contribution in [1.82, 2.24) is 4.90 Å². The number of carboxylic acid groups (broad SMARTS) is 1. The van der Waals surface area contributed by atoms with Gasteiger partial charge in [-0.05, 0) is 43.0 Å². The topological polar surface area (TPSA) is 87.1 Å². The Labute approximate surface area is 164 Å². The molecule has 0 heterocycles. The van der Waals surface area contributed by atoms with E-state index in [9.17, 15) is 19.8 Å². The van der Waals surface area contributed by atoms with Crippen LogP contribution < -0.4 is 0 Å². The van der Waals surface area contributed by atoms with Crippen LogP contribution in [0.1, 0.15) is 37.8 Å². The number of hydrogen-bond donors (Lipinski definition) is 2. The van der Waals surface area contributed by atoms with Gasteiger partial charge in [0.1, 0.15) is 6.61 Å². The molecule has 2 aromatic rings. The van der Waals surface area contributed by atoms with Crippen molar-refractivity contribution < 1.29 is 24.5 Å². The van der Waals surface area contributed by atoms with Crippen LogP contribution >= 0.6 is 0 Å². The van der Waals surface area contributed by atoms with Gasteiger partial charge in [0.05, 0.1) is 6.61 Å². The second-order valence-electron chi connectivity index (χ2n) is 7.88. The first-order valence-electron chi connectivity index (χ1n) is 9.23. The van der Waals surface area contributed by atoms with Crippen LogP contribution in [0, 0.1) is 0 Å². The van der Waals surface area contributed by atoms with Crippen LogP contribution in [-0.4, -0.2) is 52.0 Å². The molecule has 0 saturated carbocycles. The molecule has 1 atom stereocenters. The number of aliphatic hydroxyl groups excluding tert-OH is 1. The fourth-order valence-electron chi connectivity index (χ4n) is 3.80. The summed E-state index contributed by atoms with van der Waals surface area (Å²) in [6.07, 6.45) is -0.754. The van der Waals surface area contributed by atoms with Crippen molar-refractivity contribution in [3.8, 4) is 11.1 Å². The van der Waals surface area contributed by atoms with Crippen LogP contribution in [0.15, 0.2) is 48.5 Å². The smallest absolute Gasteiger partial charge is 0.411 e. The second-order valence-corrected chi connectivity index (χ2v) is 7.88. The summed E-state index contributed by atoms with van der Waals surface area (Å²) in [6.45, 7) is 4.54. The Balaban J connectivity index is 1.85. The van der Waals surface area contributed by atoms with E-state index in [0.29, 0.717) is 0 Å². The van der Waals surface area contributed by atoms with E-state index in [1.165, 1.54) is 0 Å². The number of carbonyl (C=O) groups excluding carboxylic acids is 1. The van der Waals surface area contributed by atoms with Crippen molar-refractivity contribution in [3.05, 3.63) is 59.7 Å². The molecule has 1 aliphatic rings. The molecule has 1 aliphatic carbocycles. The molecule has 0 aromatic heterocycles. The molecule has 0 saturated heterocycles. The predicted molar refractivity (Wildman–Crippen MR) is 105 cm³/mol. The van der Waals surface area contributed by atoms with E-state index < -0.39 is 30.3 Å². The first-order valence-corrected chi connectivity index (χ1v) is 9.23. The van der Waals surface area contributed by atoms with Gasteiger partial charge < -0.3 is 14.9 Å². The third kappa shape index (κ3) is 3.60. The third-order valence-electron chi connectivity index (χ3n) is 5.03. The average molecular weight is 383 g/mol. The Hall–Kier alpha value is -2.86. The molecule has 6 heteroatoms. The molecule has 0 aliphatic heterocycles. The summed E-state index contributed by atoms with van der Waals surface area (Å²) in [4.78, 5) is 25.4. The number of carbonyl (C=O) groups is 2. The number of amides is 1. The number of aliphatic carboxylic acids is 1. The summed E-state index contributed by atoms with van der Waals surface area (Å²) in [5.74, 6) is -1.39. The maximum Gasteiger partial charge on any atom is 0.411 e. The van der Waals surface area contributed by atoms with Gasteiger partial charge in [-0.1, -0.05) is 48.5 Å². The Morgan fingerprint density at radius 1 is 1.04 bits per heavy atom. The molecule has 0 radical (unpaired) electrons. The van der Waals surface area contributed by atoms with Gasteiger partial charge in [-0.25, -0.2) is 9.59 Å². The van der Waals surface area contributed by atoms with Crippen molar-refractivity contribution in [2.45, 2.75) is 38.3 Å². The SMILES string of the molecule is CC(C)(C)N(C(=O)OCC1c2ccccc2-c2ccccc21)[C@@H](CO)C(=O)O. The standard InChI is InChI=1S/C22H25NO5/c1-22(2,3)23(19(12-24)20(25)26)21(27)28-13-18-16-10-6-4-8-14(16)15-9-5-7-11-17(15)18/h4-11,18-19,24H,12-13H2,1-3H3,(H,25,26)/t19-/m0/s1. The lowest BCUT2D eigenvalue weighted by Crippen LogP contribution is -2.56. The van der Waals surface area contributed by atoms with Crippen LogP contribution in [0.3, 0.4) is 0 Å². The maximum absolute atomic E-state index is 12.8. The molecular formula is C22H25NO5. The molecule has 148 valence electrons.